The first-order valence-electron chi connectivity index (χ1n) is 14.1. The molecule has 1 saturated heterocycles. The molecule has 188 valence electrons. The second kappa shape index (κ2) is 7.23. The van der Waals surface area contributed by atoms with E-state index in [2.05, 4.69) is 48.5 Å². The van der Waals surface area contributed by atoms with Crippen molar-refractivity contribution in [2.24, 2.45) is 50.2 Å². The number of hydrogen-bond acceptors (Lipinski definition) is 3. The molecule has 5 rings (SSSR count). The highest BCUT2D eigenvalue weighted by atomic mass is 16.5. The smallest absolute Gasteiger partial charge is 0.306 e. The second-order valence-corrected chi connectivity index (χ2v) is 15.1. The highest BCUT2D eigenvalue weighted by molar-refractivity contribution is 5.70. The summed E-state index contributed by atoms with van der Waals surface area (Å²) in [7, 11) is 0. The fraction of sp³-hybridized carbons (Fsp3) is 0.967. The van der Waals surface area contributed by atoms with E-state index < -0.39 is 0 Å². The van der Waals surface area contributed by atoms with Gasteiger partial charge in [-0.05, 0) is 116 Å². The molecule has 0 amide bonds. The van der Waals surface area contributed by atoms with Crippen molar-refractivity contribution in [1.29, 1.82) is 0 Å². The Balaban J connectivity index is 1.56. The van der Waals surface area contributed by atoms with Gasteiger partial charge in [0.15, 0.2) is 0 Å². The zero-order chi connectivity index (χ0) is 24.1. The lowest BCUT2D eigenvalue weighted by molar-refractivity contribution is -0.262. The van der Waals surface area contributed by atoms with Crippen LogP contribution < -0.4 is 0 Å². The standard InChI is InChI=1S/C30H50O3/c1-20-26(4)11-10-22-27(5,21(26)8-9-24(32)33-20)13-14-29(7)23-18-25(2,3)12-16-30(23,19-31)17-15-28(22,29)6/h20-23,31H,8-19H2,1-7H3/t20-,21-,22-,23+,26-,27+,28-,29+,30-/m1/s1. The Morgan fingerprint density at radius 3 is 2.12 bits per heavy atom. The Labute approximate surface area is 202 Å². The third-order valence-electron chi connectivity index (χ3n) is 13.5. The van der Waals surface area contributed by atoms with E-state index in [1.54, 1.807) is 0 Å². The molecule has 9 atom stereocenters. The molecule has 1 N–H and O–H groups in total. The molecule has 4 aliphatic carbocycles. The maximum Gasteiger partial charge on any atom is 0.306 e. The number of aliphatic hydroxyl groups is 1. The normalized spacial score (nSPS) is 55.8. The molecule has 1 heterocycles. The number of rotatable bonds is 1. The van der Waals surface area contributed by atoms with E-state index in [-0.39, 0.29) is 33.7 Å². The van der Waals surface area contributed by atoms with Crippen molar-refractivity contribution in [3.05, 3.63) is 0 Å². The largest absolute Gasteiger partial charge is 0.462 e. The summed E-state index contributed by atoms with van der Waals surface area (Å²) in [5, 5.41) is 10.7. The Kier molecular flexibility index (Phi) is 5.29. The molecule has 0 aromatic carbocycles. The molecule has 5 fully saturated rings. The van der Waals surface area contributed by atoms with Crippen molar-refractivity contribution in [3.63, 3.8) is 0 Å². The second-order valence-electron chi connectivity index (χ2n) is 15.1. The quantitative estimate of drug-likeness (QED) is 0.424. The summed E-state index contributed by atoms with van der Waals surface area (Å²) in [6, 6.07) is 0. The summed E-state index contributed by atoms with van der Waals surface area (Å²) in [5.41, 5.74) is 1.47. The first-order chi connectivity index (χ1) is 15.3. The van der Waals surface area contributed by atoms with Crippen molar-refractivity contribution in [2.75, 3.05) is 6.61 Å². The van der Waals surface area contributed by atoms with Crippen LogP contribution in [-0.2, 0) is 9.53 Å². The number of cyclic esters (lactones) is 1. The van der Waals surface area contributed by atoms with Crippen LogP contribution in [0.5, 0.6) is 0 Å². The molecule has 3 nitrogen and oxygen atoms in total. The van der Waals surface area contributed by atoms with Crippen LogP contribution in [0, 0.1) is 50.2 Å². The van der Waals surface area contributed by atoms with Crippen LogP contribution >= 0.6 is 0 Å². The van der Waals surface area contributed by atoms with Gasteiger partial charge in [0.2, 0.25) is 0 Å². The zero-order valence-electron chi connectivity index (χ0n) is 22.6. The number of carbonyl (C=O) groups excluding carboxylic acids is 1. The summed E-state index contributed by atoms with van der Waals surface area (Å²) in [5.74, 6) is 1.89. The SMILES string of the molecule is C[C@H]1OC(=O)CC[C@H]2[C@]3(C)CC[C@@]4(C)[C@@H]5CC(C)(C)CC[C@]5(CO)CC[C@]4(C)[C@@H]3CC[C@@]21C. The van der Waals surface area contributed by atoms with Gasteiger partial charge >= 0.3 is 5.97 Å². The maximum absolute atomic E-state index is 12.4. The molecule has 3 heteroatoms. The van der Waals surface area contributed by atoms with Crippen LogP contribution in [0.15, 0.2) is 0 Å². The highest BCUT2D eigenvalue weighted by Crippen LogP contribution is 2.77. The molecule has 5 aliphatic rings. The van der Waals surface area contributed by atoms with E-state index in [0.717, 1.165) is 6.42 Å². The number of carbonyl (C=O) groups is 1. The monoisotopic (exact) mass is 458 g/mol. The van der Waals surface area contributed by atoms with Crippen LogP contribution in [0.25, 0.3) is 0 Å². The molecule has 0 aromatic heterocycles. The van der Waals surface area contributed by atoms with Crippen LogP contribution in [0.3, 0.4) is 0 Å². The van der Waals surface area contributed by atoms with Crippen LogP contribution in [-0.4, -0.2) is 23.8 Å². The van der Waals surface area contributed by atoms with Gasteiger partial charge in [-0.1, -0.05) is 41.5 Å². The third-order valence-corrected chi connectivity index (χ3v) is 13.5. The molecule has 33 heavy (non-hydrogen) atoms. The molecule has 0 aromatic rings. The summed E-state index contributed by atoms with van der Waals surface area (Å²) in [4.78, 5) is 12.4. The maximum atomic E-state index is 12.4. The van der Waals surface area contributed by atoms with Crippen LogP contribution in [0.2, 0.25) is 0 Å². The topological polar surface area (TPSA) is 46.5 Å². The molecular formula is C30H50O3. The lowest BCUT2D eigenvalue weighted by Gasteiger charge is -2.74. The number of hydrogen-bond donors (Lipinski definition) is 1. The van der Waals surface area contributed by atoms with E-state index in [0.29, 0.717) is 41.6 Å². The van der Waals surface area contributed by atoms with Gasteiger partial charge in [0, 0.05) is 18.4 Å². The average molecular weight is 459 g/mol. The van der Waals surface area contributed by atoms with Crippen LogP contribution in [0.4, 0.5) is 0 Å². The van der Waals surface area contributed by atoms with Crippen molar-refractivity contribution in [3.8, 4) is 0 Å². The Morgan fingerprint density at radius 2 is 1.42 bits per heavy atom. The minimum Gasteiger partial charge on any atom is -0.462 e. The number of aliphatic hydroxyl groups excluding tert-OH is 1. The first-order valence-corrected chi connectivity index (χ1v) is 14.1. The minimum absolute atomic E-state index is 0.0139. The predicted octanol–water partition coefficient (Wildman–Crippen LogP) is 7.16. The lowest BCUT2D eigenvalue weighted by Crippen LogP contribution is -2.68. The van der Waals surface area contributed by atoms with E-state index >= 15 is 0 Å². The van der Waals surface area contributed by atoms with Crippen molar-refractivity contribution < 1.29 is 14.6 Å². The van der Waals surface area contributed by atoms with Gasteiger partial charge in [-0.3, -0.25) is 4.79 Å². The van der Waals surface area contributed by atoms with Gasteiger partial charge in [0.1, 0.15) is 6.10 Å². The molecule has 0 spiro atoms. The van der Waals surface area contributed by atoms with Gasteiger partial charge in [-0.2, -0.15) is 0 Å². The summed E-state index contributed by atoms with van der Waals surface area (Å²) in [6.07, 6.45) is 12.8. The fourth-order valence-corrected chi connectivity index (χ4v) is 11.0. The Hall–Kier alpha value is -0.570. The van der Waals surface area contributed by atoms with Crippen molar-refractivity contribution in [1.82, 2.24) is 0 Å². The molecule has 1 aliphatic heterocycles. The van der Waals surface area contributed by atoms with E-state index in [4.69, 9.17) is 4.74 Å². The molecule has 0 radical (unpaired) electrons. The molecular weight excluding hydrogens is 408 g/mol. The summed E-state index contributed by atoms with van der Waals surface area (Å²) >= 11 is 0. The van der Waals surface area contributed by atoms with Gasteiger partial charge in [0.25, 0.3) is 0 Å². The molecule has 4 saturated carbocycles. The van der Waals surface area contributed by atoms with Crippen molar-refractivity contribution >= 4 is 5.97 Å². The molecule has 0 unspecified atom stereocenters. The van der Waals surface area contributed by atoms with Crippen LogP contribution in [0.1, 0.15) is 119 Å². The number of ether oxygens (including phenoxy) is 1. The fourth-order valence-electron chi connectivity index (χ4n) is 11.0. The highest BCUT2D eigenvalue weighted by Gasteiger charge is 2.71. The third kappa shape index (κ3) is 3.05. The average Bonchev–Trinajstić information content (AvgIpc) is 2.86. The predicted molar refractivity (Wildman–Crippen MR) is 133 cm³/mol. The summed E-state index contributed by atoms with van der Waals surface area (Å²) in [6.45, 7) is 17.8. The first kappa shape index (κ1) is 24.1. The number of esters is 1. The van der Waals surface area contributed by atoms with Crippen molar-refractivity contribution in [2.45, 2.75) is 125 Å². The van der Waals surface area contributed by atoms with Gasteiger partial charge < -0.3 is 9.84 Å². The lowest BCUT2D eigenvalue weighted by atomic mass is 9.30. The Bertz CT molecular complexity index is 819. The van der Waals surface area contributed by atoms with E-state index in [1.807, 2.05) is 0 Å². The van der Waals surface area contributed by atoms with E-state index in [9.17, 15) is 9.90 Å². The van der Waals surface area contributed by atoms with Gasteiger partial charge in [-0.15, -0.1) is 0 Å². The Morgan fingerprint density at radius 1 is 0.788 bits per heavy atom. The van der Waals surface area contributed by atoms with E-state index in [1.165, 1.54) is 57.8 Å². The zero-order valence-corrected chi connectivity index (χ0v) is 22.6. The minimum atomic E-state index is 0.0139. The molecule has 0 bridgehead atoms. The summed E-state index contributed by atoms with van der Waals surface area (Å²) < 4.78 is 5.91. The van der Waals surface area contributed by atoms with Gasteiger partial charge in [0.05, 0.1) is 0 Å². The van der Waals surface area contributed by atoms with Gasteiger partial charge in [-0.25, -0.2) is 0 Å². The number of fused-ring (bicyclic) bond motifs is 7.